The molecule has 1 heterocycles. The van der Waals surface area contributed by atoms with Gasteiger partial charge in [-0.25, -0.2) is 0 Å². The van der Waals surface area contributed by atoms with E-state index >= 15 is 0 Å². The average molecular weight is 312 g/mol. The fourth-order valence-electron chi connectivity index (χ4n) is 2.30. The Morgan fingerprint density at radius 1 is 1.05 bits per heavy atom. The predicted molar refractivity (Wildman–Crippen MR) is 88.3 cm³/mol. The van der Waals surface area contributed by atoms with Gasteiger partial charge in [-0.05, 0) is 19.8 Å². The van der Waals surface area contributed by atoms with Crippen molar-refractivity contribution in [3.63, 3.8) is 0 Å². The number of allylic oxidation sites excluding steroid dienone is 1. The van der Waals surface area contributed by atoms with Gasteiger partial charge in [0.2, 0.25) is 0 Å². The normalized spacial score (nSPS) is 17.5. The molecule has 1 aliphatic rings. The molecule has 1 atom stereocenters. The van der Waals surface area contributed by atoms with Gasteiger partial charge >= 0.3 is 11.9 Å². The lowest BCUT2D eigenvalue weighted by atomic mass is 10.0. The van der Waals surface area contributed by atoms with Gasteiger partial charge in [-0.2, -0.15) is 0 Å². The molecule has 4 heteroatoms. The van der Waals surface area contributed by atoms with Gasteiger partial charge in [-0.1, -0.05) is 64.0 Å². The quantitative estimate of drug-likeness (QED) is 0.285. The third kappa shape index (κ3) is 11.5. The highest BCUT2D eigenvalue weighted by molar-refractivity contribution is 5.95. The van der Waals surface area contributed by atoms with Crippen molar-refractivity contribution in [1.29, 1.82) is 0 Å². The van der Waals surface area contributed by atoms with Gasteiger partial charge in [0.25, 0.3) is 0 Å². The summed E-state index contributed by atoms with van der Waals surface area (Å²) >= 11 is 0. The number of ether oxygens (including phenoxy) is 1. The van der Waals surface area contributed by atoms with Gasteiger partial charge in [-0.3, -0.25) is 9.59 Å². The van der Waals surface area contributed by atoms with Crippen molar-refractivity contribution in [2.24, 2.45) is 5.92 Å². The molecular weight excluding hydrogens is 280 g/mol. The smallest absolute Gasteiger partial charge is 0.321 e. The average Bonchev–Trinajstić information content (AvgIpc) is 2.80. The van der Waals surface area contributed by atoms with Crippen LogP contribution in [-0.4, -0.2) is 23.7 Å². The van der Waals surface area contributed by atoms with Crippen molar-refractivity contribution < 1.29 is 19.4 Å². The summed E-state index contributed by atoms with van der Waals surface area (Å²) in [6.07, 6.45) is 15.5. The number of hydrogen-bond acceptors (Lipinski definition) is 4. The minimum Gasteiger partial charge on any atom is -0.397 e. The Bertz CT molecular complexity index is 323. The monoisotopic (exact) mass is 312 g/mol. The molecule has 0 aliphatic carbocycles. The van der Waals surface area contributed by atoms with Crippen LogP contribution in [0.5, 0.6) is 0 Å². The fourth-order valence-corrected chi connectivity index (χ4v) is 2.30. The van der Waals surface area contributed by atoms with E-state index in [1.165, 1.54) is 51.4 Å². The number of cyclic esters (lactones) is 2. The number of unbranched alkanes of at least 4 members (excludes halogenated alkanes) is 8. The first-order chi connectivity index (χ1) is 10.7. The molecule has 128 valence electrons. The number of rotatable bonds is 10. The zero-order chi connectivity index (χ0) is 16.6. The molecule has 0 radical (unpaired) electrons. The minimum atomic E-state index is -0.397. The molecule has 1 rings (SSSR count). The number of aliphatic hydroxyl groups excluding tert-OH is 1. The SMILES string of the molecule is CCCCCCCCCCC=CC1CC(=O)OC1=O.CCO. The van der Waals surface area contributed by atoms with E-state index in [0.29, 0.717) is 0 Å². The lowest BCUT2D eigenvalue weighted by molar-refractivity contribution is -0.152. The summed E-state index contributed by atoms with van der Waals surface area (Å²) in [7, 11) is 0. The molecule has 1 unspecified atom stereocenters. The van der Waals surface area contributed by atoms with E-state index in [1.807, 2.05) is 12.2 Å². The zero-order valence-corrected chi connectivity index (χ0v) is 14.2. The van der Waals surface area contributed by atoms with Gasteiger partial charge in [0.15, 0.2) is 0 Å². The molecule has 1 saturated heterocycles. The Morgan fingerprint density at radius 3 is 2.09 bits per heavy atom. The van der Waals surface area contributed by atoms with Crippen LogP contribution in [0.15, 0.2) is 12.2 Å². The molecule has 0 bridgehead atoms. The summed E-state index contributed by atoms with van der Waals surface area (Å²) in [6.45, 7) is 4.17. The van der Waals surface area contributed by atoms with Gasteiger partial charge < -0.3 is 9.84 Å². The topological polar surface area (TPSA) is 63.6 Å². The summed E-state index contributed by atoms with van der Waals surface area (Å²) in [4.78, 5) is 22.1. The maximum Gasteiger partial charge on any atom is 0.321 e. The second-order valence-corrected chi connectivity index (χ2v) is 5.61. The molecule has 0 saturated carbocycles. The van der Waals surface area contributed by atoms with Crippen LogP contribution in [0, 0.1) is 5.92 Å². The number of aliphatic hydroxyl groups is 1. The maximum absolute atomic E-state index is 11.2. The standard InChI is InChI=1S/C16H26O3.C2H6O/c1-2-3-4-5-6-7-8-9-10-11-12-14-13-15(17)19-16(14)18;1-2-3/h11-12,14H,2-10,13H2,1H3;3H,2H2,1H3. The van der Waals surface area contributed by atoms with Crippen LogP contribution in [0.1, 0.15) is 78.1 Å². The van der Waals surface area contributed by atoms with Gasteiger partial charge in [0.1, 0.15) is 0 Å². The van der Waals surface area contributed by atoms with E-state index in [9.17, 15) is 9.59 Å². The van der Waals surface area contributed by atoms with Crippen LogP contribution in [0.2, 0.25) is 0 Å². The fraction of sp³-hybridized carbons (Fsp3) is 0.778. The number of carbonyl (C=O) groups excluding carboxylic acids is 2. The number of esters is 2. The van der Waals surface area contributed by atoms with Gasteiger partial charge in [0, 0.05) is 6.61 Å². The summed E-state index contributed by atoms with van der Waals surface area (Å²) in [5.41, 5.74) is 0. The van der Waals surface area contributed by atoms with E-state index in [4.69, 9.17) is 5.11 Å². The largest absolute Gasteiger partial charge is 0.397 e. The summed E-state index contributed by atoms with van der Waals surface area (Å²) in [5.74, 6) is -1.12. The van der Waals surface area contributed by atoms with E-state index < -0.39 is 11.9 Å². The summed E-state index contributed by atoms with van der Waals surface area (Å²) in [5, 5.41) is 7.57. The van der Waals surface area contributed by atoms with Crippen LogP contribution < -0.4 is 0 Å². The van der Waals surface area contributed by atoms with E-state index in [2.05, 4.69) is 11.7 Å². The molecule has 4 nitrogen and oxygen atoms in total. The van der Waals surface area contributed by atoms with Crippen LogP contribution >= 0.6 is 0 Å². The molecule has 1 aliphatic heterocycles. The van der Waals surface area contributed by atoms with E-state index in [1.54, 1.807) is 6.92 Å². The lowest BCUT2D eigenvalue weighted by Crippen LogP contribution is -2.03. The van der Waals surface area contributed by atoms with Crippen molar-refractivity contribution in [3.05, 3.63) is 12.2 Å². The first kappa shape index (κ1) is 20.8. The summed E-state index contributed by atoms with van der Waals surface area (Å²) in [6, 6.07) is 0. The molecule has 1 fully saturated rings. The zero-order valence-electron chi connectivity index (χ0n) is 14.2. The molecule has 0 aromatic rings. The van der Waals surface area contributed by atoms with Gasteiger partial charge in [-0.15, -0.1) is 0 Å². The first-order valence-electron chi connectivity index (χ1n) is 8.67. The molecule has 22 heavy (non-hydrogen) atoms. The molecule has 0 amide bonds. The first-order valence-corrected chi connectivity index (χ1v) is 8.67. The predicted octanol–water partition coefficient (Wildman–Crippen LogP) is 4.16. The Hall–Kier alpha value is -1.16. The molecular formula is C18H32O4. The molecule has 0 aromatic heterocycles. The molecule has 0 aromatic carbocycles. The van der Waals surface area contributed by atoms with E-state index in [0.717, 1.165) is 6.42 Å². The Morgan fingerprint density at radius 2 is 1.59 bits per heavy atom. The Labute approximate surface area is 134 Å². The van der Waals surface area contributed by atoms with Crippen molar-refractivity contribution in [3.8, 4) is 0 Å². The number of hydrogen-bond donors (Lipinski definition) is 1. The Kier molecular flexibility index (Phi) is 14.0. The maximum atomic E-state index is 11.2. The van der Waals surface area contributed by atoms with Crippen LogP contribution in [0.25, 0.3) is 0 Å². The van der Waals surface area contributed by atoms with Crippen LogP contribution in [0.4, 0.5) is 0 Å². The van der Waals surface area contributed by atoms with Crippen molar-refractivity contribution in [2.75, 3.05) is 6.61 Å². The van der Waals surface area contributed by atoms with Crippen molar-refractivity contribution >= 4 is 11.9 Å². The third-order valence-corrected chi connectivity index (χ3v) is 3.50. The third-order valence-electron chi connectivity index (χ3n) is 3.50. The minimum absolute atomic E-state index is 0.215. The van der Waals surface area contributed by atoms with Gasteiger partial charge in [0.05, 0.1) is 12.3 Å². The molecule has 0 spiro atoms. The summed E-state index contributed by atoms with van der Waals surface area (Å²) < 4.78 is 4.49. The molecule has 1 N–H and O–H groups in total. The number of carbonyl (C=O) groups is 2. The van der Waals surface area contributed by atoms with Crippen molar-refractivity contribution in [2.45, 2.75) is 78.1 Å². The van der Waals surface area contributed by atoms with Crippen LogP contribution in [-0.2, 0) is 14.3 Å². The second-order valence-electron chi connectivity index (χ2n) is 5.61. The van der Waals surface area contributed by atoms with E-state index in [-0.39, 0.29) is 18.9 Å². The highest BCUT2D eigenvalue weighted by Gasteiger charge is 2.30. The second kappa shape index (κ2) is 14.8. The Balaban J connectivity index is 0.00000135. The van der Waals surface area contributed by atoms with Crippen LogP contribution in [0.3, 0.4) is 0 Å². The highest BCUT2D eigenvalue weighted by atomic mass is 16.6. The highest BCUT2D eigenvalue weighted by Crippen LogP contribution is 2.17. The van der Waals surface area contributed by atoms with Crippen molar-refractivity contribution in [1.82, 2.24) is 0 Å². The lowest BCUT2D eigenvalue weighted by Gasteiger charge is -2.00.